The average Bonchev–Trinajstić information content (AvgIpc) is 2.93. The first-order chi connectivity index (χ1) is 21.0. The monoisotopic (exact) mass is 619 g/mol. The number of Topliss-reactive ketones (excluding diaryl/α,β-unsaturated/α-hetero) is 2. The van der Waals surface area contributed by atoms with Crippen LogP contribution in [-0.4, -0.2) is 55.7 Å². The molecule has 8 heteroatoms. The van der Waals surface area contributed by atoms with Crippen LogP contribution >= 0.6 is 0 Å². The number of fused-ring (bicyclic) bond motifs is 3. The van der Waals surface area contributed by atoms with E-state index in [-0.39, 0.29) is 29.6 Å². The standard InChI is InChI=1S/C37H49NO7/c1-8-9-10-20-11-13-21(14-12-20)23-15-22(18(2)3)24-16-35(6)17-36(7)27(19(4)5)31(41)26(34(38)44)32(42)37(36,45)33(43)28(35)30(40)25(24)29(23)39/h11-15,18-19,26-28,31,33,39,41,43,45H,8-10,16-17H2,1-7H3,(H2,38,44)/t26-,27+,28-,31?,33?,35-,36-,37+/m1/s1. The Morgan fingerprint density at radius 1 is 1.07 bits per heavy atom. The van der Waals surface area contributed by atoms with Gasteiger partial charge in [0.05, 0.1) is 17.6 Å². The normalized spacial score (nSPS) is 34.4. The molecule has 45 heavy (non-hydrogen) atoms. The van der Waals surface area contributed by atoms with E-state index in [9.17, 15) is 34.8 Å². The second-order valence-corrected chi connectivity index (χ2v) is 15.2. The van der Waals surface area contributed by atoms with Gasteiger partial charge in [0.1, 0.15) is 17.8 Å². The lowest BCUT2D eigenvalue weighted by Gasteiger charge is -2.66. The summed E-state index contributed by atoms with van der Waals surface area (Å²) >= 11 is 0. The molecule has 0 spiro atoms. The van der Waals surface area contributed by atoms with Crippen molar-refractivity contribution in [1.82, 2.24) is 0 Å². The third kappa shape index (κ3) is 4.70. The second-order valence-electron chi connectivity index (χ2n) is 15.2. The Balaban J connectivity index is 1.70. The molecule has 2 fully saturated rings. The predicted molar refractivity (Wildman–Crippen MR) is 172 cm³/mol. The third-order valence-electron chi connectivity index (χ3n) is 11.5. The molecule has 0 radical (unpaired) electrons. The van der Waals surface area contributed by atoms with Gasteiger partial charge in [0, 0.05) is 11.0 Å². The summed E-state index contributed by atoms with van der Waals surface area (Å²) in [5.41, 5.74) is 4.92. The van der Waals surface area contributed by atoms with Crippen molar-refractivity contribution in [1.29, 1.82) is 0 Å². The van der Waals surface area contributed by atoms with Gasteiger partial charge in [0.25, 0.3) is 0 Å². The number of phenols is 1. The number of hydrogen-bond donors (Lipinski definition) is 5. The van der Waals surface area contributed by atoms with Gasteiger partial charge in [0.2, 0.25) is 5.91 Å². The molecule has 5 rings (SSSR count). The molecule has 2 aromatic carbocycles. The van der Waals surface area contributed by atoms with E-state index >= 15 is 0 Å². The van der Waals surface area contributed by atoms with E-state index in [4.69, 9.17) is 5.73 Å². The molecule has 8 nitrogen and oxygen atoms in total. The smallest absolute Gasteiger partial charge is 0.230 e. The van der Waals surface area contributed by atoms with Gasteiger partial charge in [-0.15, -0.1) is 0 Å². The first kappa shape index (κ1) is 33.3. The number of aliphatic hydroxyl groups excluding tert-OH is 2. The molecule has 3 aliphatic rings. The number of aliphatic hydroxyl groups is 3. The van der Waals surface area contributed by atoms with E-state index in [2.05, 4.69) is 6.92 Å². The van der Waals surface area contributed by atoms with Crippen molar-refractivity contribution in [3.8, 4) is 16.9 Å². The maximum absolute atomic E-state index is 14.7. The number of ketones is 2. The van der Waals surface area contributed by atoms with Gasteiger partial charge in [-0.3, -0.25) is 14.4 Å². The van der Waals surface area contributed by atoms with Crippen molar-refractivity contribution in [2.75, 3.05) is 0 Å². The topological polar surface area (TPSA) is 158 Å². The maximum Gasteiger partial charge on any atom is 0.230 e. The Hall–Kier alpha value is -3.07. The number of aromatic hydroxyl groups is 1. The number of hydrogen-bond acceptors (Lipinski definition) is 7. The molecule has 0 aromatic heterocycles. The third-order valence-corrected chi connectivity index (χ3v) is 11.5. The van der Waals surface area contributed by atoms with Gasteiger partial charge < -0.3 is 26.2 Å². The van der Waals surface area contributed by atoms with Crippen LogP contribution in [0.5, 0.6) is 5.75 Å². The lowest BCUT2D eigenvalue weighted by molar-refractivity contribution is -0.265. The number of amides is 1. The molecule has 2 aromatic rings. The highest BCUT2D eigenvalue weighted by atomic mass is 16.4. The van der Waals surface area contributed by atoms with Crippen molar-refractivity contribution in [2.24, 2.45) is 40.2 Å². The molecule has 0 saturated heterocycles. The average molecular weight is 620 g/mol. The molecule has 2 unspecified atom stereocenters. The Labute approximate surface area is 266 Å². The van der Waals surface area contributed by atoms with Crippen LogP contribution in [0.2, 0.25) is 0 Å². The Bertz CT molecular complexity index is 1530. The lowest BCUT2D eigenvalue weighted by Crippen LogP contribution is -2.79. The van der Waals surface area contributed by atoms with E-state index in [0.717, 1.165) is 30.4 Å². The van der Waals surface area contributed by atoms with Gasteiger partial charge in [-0.2, -0.15) is 0 Å². The zero-order valence-electron chi connectivity index (χ0n) is 27.6. The van der Waals surface area contributed by atoms with E-state index in [1.807, 2.05) is 65.0 Å². The second kappa shape index (κ2) is 11.3. The Morgan fingerprint density at radius 2 is 1.69 bits per heavy atom. The summed E-state index contributed by atoms with van der Waals surface area (Å²) in [5.74, 6) is -6.91. The van der Waals surface area contributed by atoms with E-state index in [1.165, 1.54) is 5.56 Å². The number of phenolic OH excluding ortho intramolecular Hbond substituents is 1. The fourth-order valence-corrected chi connectivity index (χ4v) is 9.59. The zero-order chi connectivity index (χ0) is 33.4. The summed E-state index contributed by atoms with van der Waals surface area (Å²) in [5, 5.41) is 47.6. The van der Waals surface area contributed by atoms with E-state index in [1.54, 1.807) is 6.92 Å². The summed E-state index contributed by atoms with van der Waals surface area (Å²) in [6.07, 6.45) is 0.197. The van der Waals surface area contributed by atoms with E-state index < -0.39 is 63.9 Å². The highest BCUT2D eigenvalue weighted by Gasteiger charge is 2.76. The fourth-order valence-electron chi connectivity index (χ4n) is 9.59. The Morgan fingerprint density at radius 3 is 2.22 bits per heavy atom. The number of benzene rings is 2. The summed E-state index contributed by atoms with van der Waals surface area (Å²) in [4.78, 5) is 41.1. The van der Waals surface area contributed by atoms with Crippen LogP contribution in [0.25, 0.3) is 11.1 Å². The van der Waals surface area contributed by atoms with Crippen LogP contribution in [0.15, 0.2) is 30.3 Å². The first-order valence-corrected chi connectivity index (χ1v) is 16.4. The van der Waals surface area contributed by atoms with Crippen LogP contribution in [0, 0.1) is 34.5 Å². The minimum absolute atomic E-state index is 0.00808. The molecule has 2 saturated carbocycles. The number of nitrogens with two attached hydrogens (primary N) is 1. The van der Waals surface area contributed by atoms with Crippen molar-refractivity contribution in [2.45, 2.75) is 104 Å². The van der Waals surface area contributed by atoms with E-state index in [0.29, 0.717) is 17.5 Å². The minimum atomic E-state index is -2.53. The lowest BCUT2D eigenvalue weighted by atomic mass is 9.39. The summed E-state index contributed by atoms with van der Waals surface area (Å²) in [7, 11) is 0. The number of unbranched alkanes of at least 4 members (excludes halogenated alkanes) is 1. The van der Waals surface area contributed by atoms with Gasteiger partial charge in [-0.1, -0.05) is 79.2 Å². The number of rotatable bonds is 7. The molecule has 0 aliphatic heterocycles. The Kier molecular flexibility index (Phi) is 8.38. The molecule has 1 amide bonds. The summed E-state index contributed by atoms with van der Waals surface area (Å²) < 4.78 is 0. The molecular weight excluding hydrogens is 570 g/mol. The molecule has 8 atom stereocenters. The number of carbonyl (C=O) groups excluding carboxylic acids is 3. The van der Waals surface area contributed by atoms with Crippen molar-refractivity contribution < 1.29 is 34.8 Å². The minimum Gasteiger partial charge on any atom is -0.507 e. The molecular formula is C37H49NO7. The first-order valence-electron chi connectivity index (χ1n) is 16.4. The maximum atomic E-state index is 14.7. The molecule has 6 N–H and O–H groups in total. The molecule has 0 heterocycles. The van der Waals surface area contributed by atoms with Crippen LogP contribution in [0.4, 0.5) is 0 Å². The van der Waals surface area contributed by atoms with Crippen LogP contribution in [0.3, 0.4) is 0 Å². The van der Waals surface area contributed by atoms with Gasteiger partial charge in [0.15, 0.2) is 17.2 Å². The van der Waals surface area contributed by atoms with Crippen molar-refractivity contribution in [3.63, 3.8) is 0 Å². The van der Waals surface area contributed by atoms with Crippen molar-refractivity contribution >= 4 is 17.5 Å². The van der Waals surface area contributed by atoms with Gasteiger partial charge >= 0.3 is 0 Å². The quantitative estimate of drug-likeness (QED) is 0.281. The van der Waals surface area contributed by atoms with Crippen LogP contribution in [0.1, 0.15) is 101 Å². The molecule has 244 valence electrons. The highest BCUT2D eigenvalue weighted by molar-refractivity contribution is 6.10. The van der Waals surface area contributed by atoms with Crippen LogP contribution in [-0.2, 0) is 22.4 Å². The number of primary amides is 1. The summed E-state index contributed by atoms with van der Waals surface area (Å²) in [6.45, 7) is 13.4. The zero-order valence-corrected chi connectivity index (χ0v) is 27.6. The summed E-state index contributed by atoms with van der Waals surface area (Å²) in [6, 6.07) is 9.90. The SMILES string of the molecule is CCCCc1ccc(-c2cc(C(C)C)c3c(c2O)C(=O)[C@@H]2C(O)[C@@]4(O)C(=O)[C@H](C(N)=O)C(O)[C@H](C(C)C)[C@@]4(C)C[C@@]2(C)C3)cc1. The fraction of sp³-hybridized carbons (Fsp3) is 0.595. The number of aryl methyl sites for hydroxylation is 1. The molecule has 0 bridgehead atoms. The van der Waals surface area contributed by atoms with Gasteiger partial charge in [-0.25, -0.2) is 0 Å². The molecule has 3 aliphatic carbocycles. The number of carbonyl (C=O) groups is 3. The highest BCUT2D eigenvalue weighted by Crippen LogP contribution is 2.66. The van der Waals surface area contributed by atoms with Gasteiger partial charge in [-0.05, 0) is 77.2 Å². The predicted octanol–water partition coefficient (Wildman–Crippen LogP) is 4.71. The largest absolute Gasteiger partial charge is 0.507 e. The van der Waals surface area contributed by atoms with Crippen LogP contribution < -0.4 is 5.73 Å². The van der Waals surface area contributed by atoms with Crippen molar-refractivity contribution in [3.05, 3.63) is 52.6 Å².